The average molecular weight is 410 g/mol. The molecule has 26 heavy (non-hydrogen) atoms. The number of hydrazone groups is 1. The smallest absolute Gasteiger partial charge is 0.272 e. The number of nitrogens with zero attached hydrogens (tertiary/aromatic N) is 2. The SMILES string of the molecule is O=C(N/N=C\c1cccc(OCc2ccc(Br)cc2)c1)c1cccnc1. The van der Waals surface area contributed by atoms with Gasteiger partial charge < -0.3 is 4.74 Å². The van der Waals surface area contributed by atoms with Gasteiger partial charge in [-0.05, 0) is 47.5 Å². The second-order valence-corrected chi connectivity index (χ2v) is 6.34. The topological polar surface area (TPSA) is 63.6 Å². The predicted molar refractivity (Wildman–Crippen MR) is 104 cm³/mol. The zero-order chi connectivity index (χ0) is 18.2. The number of pyridine rings is 1. The first-order valence-corrected chi connectivity index (χ1v) is 8.71. The van der Waals surface area contributed by atoms with Crippen molar-refractivity contribution in [3.8, 4) is 5.75 Å². The van der Waals surface area contributed by atoms with Gasteiger partial charge in [0.25, 0.3) is 5.91 Å². The van der Waals surface area contributed by atoms with E-state index in [1.54, 1.807) is 24.5 Å². The van der Waals surface area contributed by atoms with E-state index in [0.717, 1.165) is 21.3 Å². The number of amides is 1. The van der Waals surface area contributed by atoms with Gasteiger partial charge in [-0.2, -0.15) is 5.10 Å². The monoisotopic (exact) mass is 409 g/mol. The highest BCUT2D eigenvalue weighted by molar-refractivity contribution is 9.10. The highest BCUT2D eigenvalue weighted by Gasteiger charge is 2.02. The largest absolute Gasteiger partial charge is 0.489 e. The van der Waals surface area contributed by atoms with Crippen molar-refractivity contribution in [1.82, 2.24) is 10.4 Å². The normalized spacial score (nSPS) is 10.7. The van der Waals surface area contributed by atoms with Gasteiger partial charge in [0.05, 0.1) is 11.8 Å². The summed E-state index contributed by atoms with van der Waals surface area (Å²) in [5.74, 6) is 0.424. The number of nitrogens with one attached hydrogen (secondary N) is 1. The van der Waals surface area contributed by atoms with Crippen LogP contribution in [0, 0.1) is 0 Å². The first kappa shape index (κ1) is 17.8. The van der Waals surface area contributed by atoms with Crippen molar-refractivity contribution >= 4 is 28.1 Å². The molecule has 0 fully saturated rings. The molecule has 0 saturated heterocycles. The van der Waals surface area contributed by atoms with Crippen LogP contribution in [0.2, 0.25) is 0 Å². The Morgan fingerprint density at radius 3 is 2.77 bits per heavy atom. The molecule has 3 rings (SSSR count). The fourth-order valence-corrected chi connectivity index (χ4v) is 2.42. The molecule has 1 N–H and O–H groups in total. The molecule has 0 unspecified atom stereocenters. The molecule has 6 heteroatoms. The number of benzene rings is 2. The molecule has 130 valence electrons. The van der Waals surface area contributed by atoms with Gasteiger partial charge in [0, 0.05) is 16.9 Å². The Morgan fingerprint density at radius 2 is 2.00 bits per heavy atom. The van der Waals surface area contributed by atoms with Crippen LogP contribution in [0.5, 0.6) is 5.75 Å². The lowest BCUT2D eigenvalue weighted by molar-refractivity contribution is 0.0955. The fraction of sp³-hybridized carbons (Fsp3) is 0.0500. The predicted octanol–water partition coefficient (Wildman–Crippen LogP) is 4.19. The molecule has 3 aromatic rings. The van der Waals surface area contributed by atoms with Crippen LogP contribution in [-0.2, 0) is 6.61 Å². The minimum Gasteiger partial charge on any atom is -0.489 e. The molecule has 0 atom stereocenters. The van der Waals surface area contributed by atoms with E-state index >= 15 is 0 Å². The number of halogens is 1. The molecule has 1 amide bonds. The number of aromatic nitrogens is 1. The molecule has 1 heterocycles. The standard InChI is InChI=1S/C20H16BrN3O2/c21-18-8-6-15(7-9-18)14-26-19-5-1-3-16(11-19)12-23-24-20(25)17-4-2-10-22-13-17/h1-13H,14H2,(H,24,25)/b23-12-. The van der Waals surface area contributed by atoms with Crippen LogP contribution in [0.15, 0.2) is 82.6 Å². The second kappa shape index (κ2) is 8.92. The van der Waals surface area contributed by atoms with Crippen molar-refractivity contribution in [2.24, 2.45) is 5.10 Å². The van der Waals surface area contributed by atoms with Crippen LogP contribution in [0.1, 0.15) is 21.5 Å². The Morgan fingerprint density at radius 1 is 1.15 bits per heavy atom. The van der Waals surface area contributed by atoms with Gasteiger partial charge in [-0.3, -0.25) is 9.78 Å². The molecule has 0 bridgehead atoms. The van der Waals surface area contributed by atoms with Crippen LogP contribution in [0.3, 0.4) is 0 Å². The molecular weight excluding hydrogens is 394 g/mol. The maximum atomic E-state index is 11.9. The van der Waals surface area contributed by atoms with Crippen LogP contribution in [0.25, 0.3) is 0 Å². The first-order valence-electron chi connectivity index (χ1n) is 7.91. The van der Waals surface area contributed by atoms with E-state index in [1.165, 1.54) is 6.20 Å². The minimum atomic E-state index is -0.308. The molecule has 5 nitrogen and oxygen atoms in total. The third kappa shape index (κ3) is 5.26. The number of ether oxygens (including phenoxy) is 1. The van der Waals surface area contributed by atoms with Gasteiger partial charge in [0.1, 0.15) is 12.4 Å². The first-order chi connectivity index (χ1) is 12.7. The van der Waals surface area contributed by atoms with Crippen molar-refractivity contribution < 1.29 is 9.53 Å². The number of carbonyl (C=O) groups excluding carboxylic acids is 1. The van der Waals surface area contributed by atoms with Gasteiger partial charge in [-0.25, -0.2) is 5.43 Å². The number of carbonyl (C=O) groups is 1. The van der Waals surface area contributed by atoms with E-state index in [0.29, 0.717) is 12.2 Å². The number of rotatable bonds is 6. The van der Waals surface area contributed by atoms with E-state index in [9.17, 15) is 4.79 Å². The van der Waals surface area contributed by atoms with Crippen molar-refractivity contribution in [3.05, 3.63) is 94.2 Å². The lowest BCUT2D eigenvalue weighted by Gasteiger charge is -2.07. The van der Waals surface area contributed by atoms with Crippen LogP contribution in [0.4, 0.5) is 0 Å². The van der Waals surface area contributed by atoms with Crippen molar-refractivity contribution in [2.45, 2.75) is 6.61 Å². The summed E-state index contributed by atoms with van der Waals surface area (Å²) in [6.45, 7) is 0.478. The Bertz CT molecular complexity index is 896. The molecule has 0 aliphatic rings. The van der Waals surface area contributed by atoms with E-state index in [2.05, 4.69) is 31.4 Å². The van der Waals surface area contributed by atoms with Gasteiger partial charge in [0.15, 0.2) is 0 Å². The van der Waals surface area contributed by atoms with E-state index in [-0.39, 0.29) is 5.91 Å². The molecule has 2 aromatic carbocycles. The minimum absolute atomic E-state index is 0.308. The summed E-state index contributed by atoms with van der Waals surface area (Å²) >= 11 is 3.41. The third-order valence-corrected chi connectivity index (χ3v) is 4.01. The number of hydrogen-bond acceptors (Lipinski definition) is 4. The van der Waals surface area contributed by atoms with Gasteiger partial charge in [-0.1, -0.05) is 40.2 Å². The summed E-state index contributed by atoms with van der Waals surface area (Å²) in [7, 11) is 0. The molecule has 0 saturated carbocycles. The maximum Gasteiger partial charge on any atom is 0.272 e. The van der Waals surface area contributed by atoms with E-state index < -0.39 is 0 Å². The van der Waals surface area contributed by atoms with Crippen molar-refractivity contribution in [2.75, 3.05) is 0 Å². The zero-order valence-electron chi connectivity index (χ0n) is 13.8. The highest BCUT2D eigenvalue weighted by Crippen LogP contribution is 2.16. The summed E-state index contributed by atoms with van der Waals surface area (Å²) in [6.07, 6.45) is 4.67. The zero-order valence-corrected chi connectivity index (χ0v) is 15.4. The van der Waals surface area contributed by atoms with Crippen molar-refractivity contribution in [1.29, 1.82) is 0 Å². The highest BCUT2D eigenvalue weighted by atomic mass is 79.9. The second-order valence-electron chi connectivity index (χ2n) is 5.43. The molecule has 1 aromatic heterocycles. The summed E-state index contributed by atoms with van der Waals surface area (Å²) in [5, 5.41) is 3.97. The van der Waals surface area contributed by atoms with E-state index in [4.69, 9.17) is 4.74 Å². The van der Waals surface area contributed by atoms with E-state index in [1.807, 2.05) is 48.5 Å². The van der Waals surface area contributed by atoms with Crippen LogP contribution >= 0.6 is 15.9 Å². The van der Waals surface area contributed by atoms with Crippen LogP contribution in [-0.4, -0.2) is 17.1 Å². The van der Waals surface area contributed by atoms with Crippen LogP contribution < -0.4 is 10.2 Å². The van der Waals surface area contributed by atoms with Gasteiger partial charge >= 0.3 is 0 Å². The fourth-order valence-electron chi connectivity index (χ4n) is 2.16. The molecular formula is C20H16BrN3O2. The Hall–Kier alpha value is -2.99. The third-order valence-electron chi connectivity index (χ3n) is 3.48. The number of hydrogen-bond donors (Lipinski definition) is 1. The van der Waals surface area contributed by atoms with Gasteiger partial charge in [0.2, 0.25) is 0 Å². The molecule has 0 spiro atoms. The lowest BCUT2D eigenvalue weighted by atomic mass is 10.2. The summed E-state index contributed by atoms with van der Waals surface area (Å²) in [6, 6.07) is 18.8. The molecule has 0 aliphatic heterocycles. The van der Waals surface area contributed by atoms with Crippen molar-refractivity contribution in [3.63, 3.8) is 0 Å². The quantitative estimate of drug-likeness (QED) is 0.490. The lowest BCUT2D eigenvalue weighted by Crippen LogP contribution is -2.17. The average Bonchev–Trinajstić information content (AvgIpc) is 2.68. The van der Waals surface area contributed by atoms with Gasteiger partial charge in [-0.15, -0.1) is 0 Å². The molecule has 0 radical (unpaired) electrons. The Kier molecular flexibility index (Phi) is 6.11. The Labute approximate surface area is 159 Å². The summed E-state index contributed by atoms with van der Waals surface area (Å²) < 4.78 is 6.83. The Balaban J connectivity index is 1.56. The maximum absolute atomic E-state index is 11.9. The summed E-state index contributed by atoms with van der Waals surface area (Å²) in [5.41, 5.74) is 4.83. The molecule has 0 aliphatic carbocycles. The summed E-state index contributed by atoms with van der Waals surface area (Å²) in [4.78, 5) is 15.8.